The minimum Gasteiger partial charge on any atom is -0.497 e. The molecule has 0 amide bonds. The molecule has 2 aromatic rings. The Bertz CT molecular complexity index is 548. The Morgan fingerprint density at radius 2 is 1.67 bits per heavy atom. The average molecular weight is 285 g/mol. The van der Waals surface area contributed by atoms with Crippen LogP contribution < -0.4 is 10.1 Å². The summed E-state index contributed by atoms with van der Waals surface area (Å²) in [6, 6.07) is 15.9. The molecule has 0 aromatic heterocycles. The Labute approximate surface area is 126 Å². The molecule has 0 radical (unpaired) electrons. The highest BCUT2D eigenvalue weighted by atomic mass is 16.5. The molecule has 112 valence electrons. The summed E-state index contributed by atoms with van der Waals surface area (Å²) in [5.74, 6) is 0.853. The first-order chi connectivity index (χ1) is 10.1. The molecule has 21 heavy (non-hydrogen) atoms. The Morgan fingerprint density at radius 3 is 2.24 bits per heavy atom. The van der Waals surface area contributed by atoms with E-state index in [1.807, 2.05) is 62.4 Å². The van der Waals surface area contributed by atoms with Gasteiger partial charge in [0.25, 0.3) is 0 Å². The Balaban J connectivity index is 1.91. The van der Waals surface area contributed by atoms with E-state index in [0.717, 1.165) is 11.3 Å². The monoisotopic (exact) mass is 285 g/mol. The maximum absolute atomic E-state index is 10.4. The fraction of sp³-hybridized carbons (Fsp3) is 0.333. The zero-order valence-corrected chi connectivity index (χ0v) is 12.8. The molecule has 0 aliphatic carbocycles. The number of rotatable bonds is 6. The van der Waals surface area contributed by atoms with Crippen LogP contribution in [0.2, 0.25) is 0 Å². The summed E-state index contributed by atoms with van der Waals surface area (Å²) in [5.41, 5.74) is 3.30. The van der Waals surface area contributed by atoms with Crippen molar-refractivity contribution in [3.8, 4) is 5.75 Å². The average Bonchev–Trinajstić information content (AvgIpc) is 2.53. The number of methoxy groups -OCH3 is 1. The summed E-state index contributed by atoms with van der Waals surface area (Å²) >= 11 is 0. The van der Waals surface area contributed by atoms with Gasteiger partial charge in [-0.1, -0.05) is 42.0 Å². The van der Waals surface area contributed by atoms with E-state index in [-0.39, 0.29) is 6.04 Å². The van der Waals surface area contributed by atoms with Gasteiger partial charge in [0, 0.05) is 12.6 Å². The summed E-state index contributed by atoms with van der Waals surface area (Å²) in [6.45, 7) is 4.75. The predicted molar refractivity (Wildman–Crippen MR) is 85.4 cm³/mol. The van der Waals surface area contributed by atoms with E-state index in [1.165, 1.54) is 11.1 Å². The van der Waals surface area contributed by atoms with E-state index in [4.69, 9.17) is 4.74 Å². The minimum atomic E-state index is -0.510. The van der Waals surface area contributed by atoms with Crippen molar-refractivity contribution in [2.75, 3.05) is 7.11 Å². The van der Waals surface area contributed by atoms with Gasteiger partial charge in [0.1, 0.15) is 5.75 Å². The topological polar surface area (TPSA) is 41.5 Å². The van der Waals surface area contributed by atoms with Crippen LogP contribution in [0.25, 0.3) is 0 Å². The predicted octanol–water partition coefficient (Wildman–Crippen LogP) is 3.22. The smallest absolute Gasteiger partial charge is 0.118 e. The number of aliphatic hydroxyl groups is 1. The third-order valence-corrected chi connectivity index (χ3v) is 3.68. The molecule has 2 N–H and O–H groups in total. The third-order valence-electron chi connectivity index (χ3n) is 3.68. The lowest BCUT2D eigenvalue weighted by Gasteiger charge is -2.21. The summed E-state index contributed by atoms with van der Waals surface area (Å²) in [5, 5.41) is 13.7. The number of hydrogen-bond donors (Lipinski definition) is 2. The van der Waals surface area contributed by atoms with Gasteiger partial charge in [0.05, 0.1) is 13.2 Å². The van der Waals surface area contributed by atoms with Crippen molar-refractivity contribution in [1.82, 2.24) is 5.32 Å². The molecule has 0 fully saturated rings. The van der Waals surface area contributed by atoms with Gasteiger partial charge in [-0.2, -0.15) is 0 Å². The highest BCUT2D eigenvalue weighted by molar-refractivity contribution is 5.27. The quantitative estimate of drug-likeness (QED) is 0.856. The van der Waals surface area contributed by atoms with Crippen molar-refractivity contribution in [2.24, 2.45) is 0 Å². The standard InChI is InChI=1S/C18H23NO2/c1-13-4-8-16(9-5-13)18(20)14(2)19-12-15-6-10-17(21-3)11-7-15/h4-11,14,18-20H,12H2,1-3H3. The highest BCUT2D eigenvalue weighted by Crippen LogP contribution is 2.18. The van der Waals surface area contributed by atoms with Gasteiger partial charge < -0.3 is 15.2 Å². The number of aryl methyl sites for hydroxylation is 1. The number of benzene rings is 2. The number of hydrogen-bond acceptors (Lipinski definition) is 3. The summed E-state index contributed by atoms with van der Waals surface area (Å²) in [4.78, 5) is 0. The van der Waals surface area contributed by atoms with E-state index in [2.05, 4.69) is 5.32 Å². The molecule has 2 aromatic carbocycles. The summed E-state index contributed by atoms with van der Waals surface area (Å²) < 4.78 is 5.14. The van der Waals surface area contributed by atoms with Crippen molar-refractivity contribution in [3.05, 3.63) is 65.2 Å². The first kappa shape index (κ1) is 15.5. The molecule has 0 saturated heterocycles. The fourth-order valence-corrected chi connectivity index (χ4v) is 2.19. The minimum absolute atomic E-state index is 0.0187. The maximum atomic E-state index is 10.4. The van der Waals surface area contributed by atoms with Crippen molar-refractivity contribution in [1.29, 1.82) is 0 Å². The first-order valence-electron chi connectivity index (χ1n) is 7.21. The van der Waals surface area contributed by atoms with Crippen LogP contribution in [0.5, 0.6) is 5.75 Å². The molecule has 2 rings (SSSR count). The normalized spacial score (nSPS) is 13.7. The van der Waals surface area contributed by atoms with Gasteiger partial charge in [-0.05, 0) is 37.1 Å². The van der Waals surface area contributed by atoms with Crippen LogP contribution in [0.4, 0.5) is 0 Å². The van der Waals surface area contributed by atoms with E-state index in [0.29, 0.717) is 6.54 Å². The van der Waals surface area contributed by atoms with Crippen LogP contribution in [0.15, 0.2) is 48.5 Å². The van der Waals surface area contributed by atoms with E-state index >= 15 is 0 Å². The molecule has 0 aliphatic heterocycles. The van der Waals surface area contributed by atoms with Crippen LogP contribution in [0.3, 0.4) is 0 Å². The van der Waals surface area contributed by atoms with Crippen LogP contribution in [0.1, 0.15) is 29.7 Å². The van der Waals surface area contributed by atoms with Crippen LogP contribution in [-0.4, -0.2) is 18.3 Å². The molecule has 3 nitrogen and oxygen atoms in total. The summed E-state index contributed by atoms with van der Waals surface area (Å²) in [6.07, 6.45) is -0.510. The lowest BCUT2D eigenvalue weighted by molar-refractivity contribution is 0.135. The van der Waals surface area contributed by atoms with Crippen molar-refractivity contribution in [2.45, 2.75) is 32.5 Å². The maximum Gasteiger partial charge on any atom is 0.118 e. The highest BCUT2D eigenvalue weighted by Gasteiger charge is 2.15. The van der Waals surface area contributed by atoms with Crippen LogP contribution >= 0.6 is 0 Å². The lowest BCUT2D eigenvalue weighted by Crippen LogP contribution is -2.31. The molecule has 0 saturated carbocycles. The van der Waals surface area contributed by atoms with Crippen molar-refractivity contribution in [3.63, 3.8) is 0 Å². The fourth-order valence-electron chi connectivity index (χ4n) is 2.19. The van der Waals surface area contributed by atoms with E-state index in [9.17, 15) is 5.11 Å². The van der Waals surface area contributed by atoms with Gasteiger partial charge in [-0.25, -0.2) is 0 Å². The number of aliphatic hydroxyl groups excluding tert-OH is 1. The van der Waals surface area contributed by atoms with E-state index < -0.39 is 6.10 Å². The van der Waals surface area contributed by atoms with Crippen molar-refractivity contribution >= 4 is 0 Å². The molecule has 2 unspecified atom stereocenters. The largest absolute Gasteiger partial charge is 0.497 e. The lowest BCUT2D eigenvalue weighted by atomic mass is 10.0. The van der Waals surface area contributed by atoms with Gasteiger partial charge in [0.2, 0.25) is 0 Å². The third kappa shape index (κ3) is 4.31. The molecule has 2 atom stereocenters. The van der Waals surface area contributed by atoms with Crippen molar-refractivity contribution < 1.29 is 9.84 Å². The Kier molecular flexibility index (Phi) is 5.37. The molecule has 3 heteroatoms. The number of nitrogens with one attached hydrogen (secondary N) is 1. The molecule has 0 spiro atoms. The zero-order chi connectivity index (χ0) is 15.2. The van der Waals surface area contributed by atoms with Gasteiger partial charge >= 0.3 is 0 Å². The molecule has 0 aliphatic rings. The number of ether oxygens (including phenoxy) is 1. The van der Waals surface area contributed by atoms with E-state index in [1.54, 1.807) is 7.11 Å². The zero-order valence-electron chi connectivity index (χ0n) is 12.8. The van der Waals surface area contributed by atoms with Crippen LogP contribution in [0, 0.1) is 6.92 Å². The molecule has 0 heterocycles. The molecular weight excluding hydrogens is 262 g/mol. The second-order valence-electron chi connectivity index (χ2n) is 5.37. The second kappa shape index (κ2) is 7.25. The first-order valence-corrected chi connectivity index (χ1v) is 7.21. The Hall–Kier alpha value is -1.84. The SMILES string of the molecule is COc1ccc(CNC(C)C(O)c2ccc(C)cc2)cc1. The van der Waals surface area contributed by atoms with Crippen LogP contribution in [-0.2, 0) is 6.54 Å². The molecular formula is C18H23NO2. The second-order valence-corrected chi connectivity index (χ2v) is 5.37. The Morgan fingerprint density at radius 1 is 1.05 bits per heavy atom. The summed E-state index contributed by atoms with van der Waals surface area (Å²) in [7, 11) is 1.66. The van der Waals surface area contributed by atoms with Gasteiger partial charge in [-0.3, -0.25) is 0 Å². The molecule has 0 bridgehead atoms. The van der Waals surface area contributed by atoms with Gasteiger partial charge in [0.15, 0.2) is 0 Å². The van der Waals surface area contributed by atoms with Gasteiger partial charge in [-0.15, -0.1) is 0 Å².